The SMILES string of the molecule is CC(C)C1CN=C(NCCCC2CC2)S1. The molecule has 0 saturated heterocycles. The minimum Gasteiger partial charge on any atom is -0.365 e. The van der Waals surface area contributed by atoms with Crippen LogP contribution in [0.15, 0.2) is 4.99 Å². The van der Waals surface area contributed by atoms with Crippen molar-refractivity contribution in [3.8, 4) is 0 Å². The summed E-state index contributed by atoms with van der Waals surface area (Å²) >= 11 is 1.93. The number of nitrogens with zero attached hydrogens (tertiary/aromatic N) is 1. The molecule has 0 bridgehead atoms. The summed E-state index contributed by atoms with van der Waals surface area (Å²) in [5.41, 5.74) is 0. The van der Waals surface area contributed by atoms with E-state index in [1.54, 1.807) is 0 Å². The van der Waals surface area contributed by atoms with Crippen LogP contribution in [0, 0.1) is 11.8 Å². The predicted molar refractivity (Wildman–Crippen MR) is 68.5 cm³/mol. The monoisotopic (exact) mass is 226 g/mol. The zero-order chi connectivity index (χ0) is 10.7. The molecule has 1 aliphatic carbocycles. The van der Waals surface area contributed by atoms with E-state index in [0.29, 0.717) is 5.25 Å². The highest BCUT2D eigenvalue weighted by Gasteiger charge is 2.23. The number of aliphatic imine (C=N–C) groups is 1. The van der Waals surface area contributed by atoms with Gasteiger partial charge in [0.1, 0.15) is 0 Å². The van der Waals surface area contributed by atoms with Gasteiger partial charge in [-0.1, -0.05) is 38.5 Å². The van der Waals surface area contributed by atoms with Crippen molar-refractivity contribution in [3.05, 3.63) is 0 Å². The van der Waals surface area contributed by atoms with Crippen LogP contribution in [-0.4, -0.2) is 23.5 Å². The normalized spacial score (nSPS) is 25.8. The minimum absolute atomic E-state index is 0.705. The Morgan fingerprint density at radius 3 is 2.87 bits per heavy atom. The highest BCUT2D eigenvalue weighted by atomic mass is 32.2. The molecule has 1 heterocycles. The molecule has 0 aromatic heterocycles. The van der Waals surface area contributed by atoms with Gasteiger partial charge in [-0.25, -0.2) is 0 Å². The first kappa shape index (κ1) is 11.3. The van der Waals surface area contributed by atoms with Gasteiger partial charge >= 0.3 is 0 Å². The molecule has 1 atom stereocenters. The van der Waals surface area contributed by atoms with Crippen molar-refractivity contribution in [2.24, 2.45) is 16.8 Å². The van der Waals surface area contributed by atoms with Crippen LogP contribution in [0.1, 0.15) is 39.5 Å². The number of hydrogen-bond donors (Lipinski definition) is 1. The predicted octanol–water partition coefficient (Wildman–Crippen LogP) is 2.89. The van der Waals surface area contributed by atoms with E-state index in [-0.39, 0.29) is 0 Å². The van der Waals surface area contributed by atoms with Crippen LogP contribution >= 0.6 is 11.8 Å². The Morgan fingerprint density at radius 1 is 1.47 bits per heavy atom. The van der Waals surface area contributed by atoms with Crippen molar-refractivity contribution in [2.45, 2.75) is 44.8 Å². The molecule has 0 aromatic carbocycles. The molecule has 0 amide bonds. The molecule has 2 rings (SSSR count). The molecule has 1 unspecified atom stereocenters. The maximum Gasteiger partial charge on any atom is 0.156 e. The molecule has 0 spiro atoms. The van der Waals surface area contributed by atoms with Gasteiger partial charge in [-0.3, -0.25) is 4.99 Å². The first-order valence-electron chi connectivity index (χ1n) is 6.20. The lowest BCUT2D eigenvalue weighted by Crippen LogP contribution is -2.21. The topological polar surface area (TPSA) is 24.4 Å². The molecule has 1 aliphatic heterocycles. The smallest absolute Gasteiger partial charge is 0.156 e. The summed E-state index contributed by atoms with van der Waals surface area (Å²) in [5, 5.41) is 5.35. The molecule has 1 fully saturated rings. The number of rotatable bonds is 5. The molecular weight excluding hydrogens is 204 g/mol. The third-order valence-electron chi connectivity index (χ3n) is 3.18. The average molecular weight is 226 g/mol. The number of nitrogens with one attached hydrogen (secondary N) is 1. The van der Waals surface area contributed by atoms with Crippen molar-refractivity contribution in [1.82, 2.24) is 5.32 Å². The van der Waals surface area contributed by atoms with E-state index in [0.717, 1.165) is 24.9 Å². The summed E-state index contributed by atoms with van der Waals surface area (Å²) in [4.78, 5) is 4.54. The first-order chi connectivity index (χ1) is 7.25. The molecule has 3 heteroatoms. The minimum atomic E-state index is 0.705. The molecule has 2 nitrogen and oxygen atoms in total. The van der Waals surface area contributed by atoms with Gasteiger partial charge < -0.3 is 5.32 Å². The molecule has 2 aliphatic rings. The van der Waals surface area contributed by atoms with E-state index in [2.05, 4.69) is 24.2 Å². The molecule has 86 valence electrons. The summed E-state index contributed by atoms with van der Waals surface area (Å²) in [5.74, 6) is 1.80. The van der Waals surface area contributed by atoms with Crippen LogP contribution in [0.25, 0.3) is 0 Å². The Morgan fingerprint density at radius 2 is 2.27 bits per heavy atom. The fraction of sp³-hybridized carbons (Fsp3) is 0.917. The zero-order valence-corrected chi connectivity index (χ0v) is 10.6. The summed E-state index contributed by atoms with van der Waals surface area (Å²) in [6, 6.07) is 0. The van der Waals surface area contributed by atoms with Gasteiger partial charge in [-0.15, -0.1) is 0 Å². The Kier molecular flexibility index (Phi) is 3.95. The zero-order valence-electron chi connectivity index (χ0n) is 9.83. The molecule has 15 heavy (non-hydrogen) atoms. The van der Waals surface area contributed by atoms with Gasteiger partial charge in [0.25, 0.3) is 0 Å². The van der Waals surface area contributed by atoms with Crippen LogP contribution in [0.2, 0.25) is 0 Å². The number of hydrogen-bond acceptors (Lipinski definition) is 3. The van der Waals surface area contributed by atoms with Crippen LogP contribution in [0.4, 0.5) is 0 Å². The van der Waals surface area contributed by atoms with Crippen LogP contribution in [0.5, 0.6) is 0 Å². The van der Waals surface area contributed by atoms with E-state index in [9.17, 15) is 0 Å². The third-order valence-corrected chi connectivity index (χ3v) is 4.68. The van der Waals surface area contributed by atoms with Crippen molar-refractivity contribution in [1.29, 1.82) is 0 Å². The van der Waals surface area contributed by atoms with Crippen molar-refractivity contribution >= 4 is 16.9 Å². The lowest BCUT2D eigenvalue weighted by Gasteiger charge is -2.12. The Bertz CT molecular complexity index is 234. The highest BCUT2D eigenvalue weighted by Crippen LogP contribution is 2.33. The molecule has 0 radical (unpaired) electrons. The largest absolute Gasteiger partial charge is 0.365 e. The standard InChI is InChI=1S/C12H22N2S/c1-9(2)11-8-14-12(15-11)13-7-3-4-10-5-6-10/h9-11H,3-8H2,1-2H3,(H,13,14). The number of thioether (sulfide) groups is 1. The van der Waals surface area contributed by atoms with Crippen LogP contribution in [0.3, 0.4) is 0 Å². The van der Waals surface area contributed by atoms with Crippen LogP contribution in [-0.2, 0) is 0 Å². The summed E-state index contributed by atoms with van der Waals surface area (Å²) in [7, 11) is 0. The van der Waals surface area contributed by atoms with E-state index in [1.165, 1.54) is 30.9 Å². The van der Waals surface area contributed by atoms with Crippen molar-refractivity contribution in [3.63, 3.8) is 0 Å². The lowest BCUT2D eigenvalue weighted by atomic mass is 10.1. The average Bonchev–Trinajstić information content (AvgIpc) is 2.90. The van der Waals surface area contributed by atoms with Crippen LogP contribution < -0.4 is 5.32 Å². The fourth-order valence-corrected chi connectivity index (χ4v) is 2.87. The summed E-state index contributed by atoms with van der Waals surface area (Å²) in [6.07, 6.45) is 5.69. The second-order valence-electron chi connectivity index (χ2n) is 5.06. The molecule has 1 saturated carbocycles. The van der Waals surface area contributed by atoms with E-state index in [1.807, 2.05) is 11.8 Å². The van der Waals surface area contributed by atoms with Crippen molar-refractivity contribution < 1.29 is 0 Å². The van der Waals surface area contributed by atoms with Crippen molar-refractivity contribution in [2.75, 3.05) is 13.1 Å². The maximum atomic E-state index is 4.54. The van der Waals surface area contributed by atoms with E-state index in [4.69, 9.17) is 0 Å². The maximum absolute atomic E-state index is 4.54. The van der Waals surface area contributed by atoms with E-state index >= 15 is 0 Å². The third kappa shape index (κ3) is 3.71. The lowest BCUT2D eigenvalue weighted by molar-refractivity contribution is 0.620. The molecule has 1 N–H and O–H groups in total. The summed E-state index contributed by atoms with van der Waals surface area (Å²) in [6.45, 7) is 6.69. The fourth-order valence-electron chi connectivity index (χ4n) is 1.83. The Labute approximate surface area is 97.3 Å². The van der Waals surface area contributed by atoms with E-state index < -0.39 is 0 Å². The first-order valence-corrected chi connectivity index (χ1v) is 7.08. The molecule has 0 aromatic rings. The highest BCUT2D eigenvalue weighted by molar-refractivity contribution is 8.14. The second-order valence-corrected chi connectivity index (χ2v) is 6.29. The van der Waals surface area contributed by atoms with Gasteiger partial charge in [-0.05, 0) is 24.7 Å². The Hall–Kier alpha value is -0.180. The van der Waals surface area contributed by atoms with Gasteiger partial charge in [0, 0.05) is 11.8 Å². The second kappa shape index (κ2) is 5.24. The summed E-state index contributed by atoms with van der Waals surface area (Å²) < 4.78 is 0. The molecular formula is C12H22N2S. The van der Waals surface area contributed by atoms with Gasteiger partial charge in [-0.2, -0.15) is 0 Å². The quantitative estimate of drug-likeness (QED) is 0.729. The van der Waals surface area contributed by atoms with Gasteiger partial charge in [0.2, 0.25) is 0 Å². The number of amidine groups is 1. The van der Waals surface area contributed by atoms with Gasteiger partial charge in [0.05, 0.1) is 6.54 Å². The Balaban J connectivity index is 1.55. The van der Waals surface area contributed by atoms with Gasteiger partial charge in [0.15, 0.2) is 5.17 Å².